The zero-order valence-electron chi connectivity index (χ0n) is 11.6. The lowest BCUT2D eigenvalue weighted by Gasteiger charge is -2.20. The van der Waals surface area contributed by atoms with Gasteiger partial charge < -0.3 is 10.6 Å². The first kappa shape index (κ1) is 13.6. The van der Waals surface area contributed by atoms with Gasteiger partial charge in [0, 0.05) is 24.4 Å². The molecule has 1 aliphatic heterocycles. The maximum atomic E-state index is 10.9. The van der Waals surface area contributed by atoms with Crippen LogP contribution >= 0.6 is 0 Å². The van der Waals surface area contributed by atoms with Crippen molar-refractivity contribution in [2.45, 2.75) is 19.0 Å². The highest BCUT2D eigenvalue weighted by Gasteiger charge is 2.18. The number of hydrogen-bond acceptors (Lipinski definition) is 4. The SMILES string of the molecule is O=[N+]([O-])c1cccc(NC2CCNCc3ccccc32)c1. The molecule has 5 heteroatoms. The highest BCUT2D eigenvalue weighted by atomic mass is 16.6. The monoisotopic (exact) mass is 283 g/mol. The molecule has 2 N–H and O–H groups in total. The summed E-state index contributed by atoms with van der Waals surface area (Å²) in [6.45, 7) is 1.78. The van der Waals surface area contributed by atoms with Gasteiger partial charge >= 0.3 is 0 Å². The fraction of sp³-hybridized carbons (Fsp3) is 0.250. The van der Waals surface area contributed by atoms with E-state index in [4.69, 9.17) is 0 Å². The molecule has 0 aliphatic carbocycles. The van der Waals surface area contributed by atoms with Crippen LogP contribution in [0.2, 0.25) is 0 Å². The van der Waals surface area contributed by atoms with E-state index < -0.39 is 0 Å². The predicted molar refractivity (Wildman–Crippen MR) is 82.2 cm³/mol. The van der Waals surface area contributed by atoms with Gasteiger partial charge in [0.1, 0.15) is 0 Å². The van der Waals surface area contributed by atoms with Gasteiger partial charge in [0.15, 0.2) is 0 Å². The zero-order chi connectivity index (χ0) is 14.7. The Morgan fingerprint density at radius 2 is 2.05 bits per heavy atom. The second kappa shape index (κ2) is 5.93. The van der Waals surface area contributed by atoms with E-state index in [2.05, 4.69) is 22.8 Å². The molecule has 0 spiro atoms. The average Bonchev–Trinajstić information content (AvgIpc) is 2.70. The number of nitrogens with zero attached hydrogens (tertiary/aromatic N) is 1. The molecule has 5 nitrogen and oxygen atoms in total. The summed E-state index contributed by atoms with van der Waals surface area (Å²) >= 11 is 0. The number of non-ortho nitro benzene ring substituents is 1. The van der Waals surface area contributed by atoms with Crippen LogP contribution < -0.4 is 10.6 Å². The lowest BCUT2D eigenvalue weighted by atomic mass is 9.99. The number of hydrogen-bond donors (Lipinski definition) is 2. The maximum Gasteiger partial charge on any atom is 0.271 e. The molecule has 1 heterocycles. The fourth-order valence-corrected chi connectivity index (χ4v) is 2.72. The average molecular weight is 283 g/mol. The third-order valence-electron chi connectivity index (χ3n) is 3.75. The van der Waals surface area contributed by atoms with Gasteiger partial charge in [0.05, 0.1) is 11.0 Å². The number of nitrogens with one attached hydrogen (secondary N) is 2. The van der Waals surface area contributed by atoms with Gasteiger partial charge in [0.25, 0.3) is 5.69 Å². The van der Waals surface area contributed by atoms with Crippen LogP contribution in [0.3, 0.4) is 0 Å². The molecule has 0 radical (unpaired) electrons. The maximum absolute atomic E-state index is 10.9. The van der Waals surface area contributed by atoms with Gasteiger partial charge in [-0.2, -0.15) is 0 Å². The number of nitro benzene ring substituents is 1. The van der Waals surface area contributed by atoms with Gasteiger partial charge in [-0.25, -0.2) is 0 Å². The van der Waals surface area contributed by atoms with Gasteiger partial charge in [-0.15, -0.1) is 0 Å². The van der Waals surface area contributed by atoms with Crippen molar-refractivity contribution in [3.05, 3.63) is 69.8 Å². The van der Waals surface area contributed by atoms with E-state index in [1.54, 1.807) is 12.1 Å². The molecule has 2 aromatic rings. The largest absolute Gasteiger partial charge is 0.378 e. The molecule has 108 valence electrons. The Morgan fingerprint density at radius 3 is 2.90 bits per heavy atom. The Morgan fingerprint density at radius 1 is 1.19 bits per heavy atom. The minimum Gasteiger partial charge on any atom is -0.378 e. The van der Waals surface area contributed by atoms with E-state index in [1.165, 1.54) is 17.2 Å². The zero-order valence-corrected chi connectivity index (χ0v) is 11.6. The Balaban J connectivity index is 1.87. The first-order chi connectivity index (χ1) is 10.2. The van der Waals surface area contributed by atoms with E-state index in [0.717, 1.165) is 25.2 Å². The summed E-state index contributed by atoms with van der Waals surface area (Å²) in [5.74, 6) is 0. The van der Waals surface area contributed by atoms with E-state index in [1.807, 2.05) is 18.2 Å². The highest BCUT2D eigenvalue weighted by molar-refractivity contribution is 5.53. The first-order valence-electron chi connectivity index (χ1n) is 7.03. The Kier molecular flexibility index (Phi) is 3.83. The van der Waals surface area contributed by atoms with Crippen LogP contribution in [-0.2, 0) is 6.54 Å². The number of benzene rings is 2. The molecule has 2 aromatic carbocycles. The Labute approximate surface area is 123 Å². The van der Waals surface area contributed by atoms with Crippen molar-refractivity contribution in [1.82, 2.24) is 5.32 Å². The van der Waals surface area contributed by atoms with Crippen LogP contribution in [-0.4, -0.2) is 11.5 Å². The normalized spacial score (nSPS) is 17.6. The predicted octanol–water partition coefficient (Wildman–Crippen LogP) is 3.24. The summed E-state index contributed by atoms with van der Waals surface area (Å²) in [7, 11) is 0. The Hall–Kier alpha value is -2.40. The third-order valence-corrected chi connectivity index (χ3v) is 3.75. The van der Waals surface area contributed by atoms with Gasteiger partial charge in [-0.05, 0) is 30.2 Å². The van der Waals surface area contributed by atoms with Gasteiger partial charge in [-0.3, -0.25) is 10.1 Å². The number of nitro groups is 1. The van der Waals surface area contributed by atoms with Crippen molar-refractivity contribution in [1.29, 1.82) is 0 Å². The second-order valence-electron chi connectivity index (χ2n) is 5.17. The van der Waals surface area contributed by atoms with Gasteiger partial charge in [0.2, 0.25) is 0 Å². The number of rotatable bonds is 3. The molecule has 0 fully saturated rings. The summed E-state index contributed by atoms with van der Waals surface area (Å²) in [6.07, 6.45) is 0.944. The van der Waals surface area contributed by atoms with E-state index in [9.17, 15) is 10.1 Å². The number of fused-ring (bicyclic) bond motifs is 1. The first-order valence-corrected chi connectivity index (χ1v) is 7.03. The second-order valence-corrected chi connectivity index (χ2v) is 5.17. The van der Waals surface area contributed by atoms with Crippen molar-refractivity contribution < 1.29 is 4.92 Å². The van der Waals surface area contributed by atoms with Crippen molar-refractivity contribution in [2.75, 3.05) is 11.9 Å². The molecular weight excluding hydrogens is 266 g/mol. The van der Waals surface area contributed by atoms with Crippen LogP contribution in [0.4, 0.5) is 11.4 Å². The standard InChI is InChI=1S/C16H17N3O2/c20-19(21)14-6-3-5-13(10-14)18-16-8-9-17-11-12-4-1-2-7-15(12)16/h1-7,10,16-18H,8-9,11H2. The van der Waals surface area contributed by atoms with Crippen molar-refractivity contribution in [2.24, 2.45) is 0 Å². The van der Waals surface area contributed by atoms with E-state index in [0.29, 0.717) is 0 Å². The quantitative estimate of drug-likeness (QED) is 0.670. The molecule has 1 unspecified atom stereocenters. The smallest absolute Gasteiger partial charge is 0.271 e. The molecule has 1 aliphatic rings. The van der Waals surface area contributed by atoms with Gasteiger partial charge in [-0.1, -0.05) is 30.3 Å². The van der Waals surface area contributed by atoms with Crippen molar-refractivity contribution in [3.63, 3.8) is 0 Å². The molecule has 1 atom stereocenters. The Bertz CT molecular complexity index is 657. The fourth-order valence-electron chi connectivity index (χ4n) is 2.72. The van der Waals surface area contributed by atoms with Crippen LogP contribution in [0.15, 0.2) is 48.5 Å². The third kappa shape index (κ3) is 3.03. The molecule has 0 bridgehead atoms. The summed E-state index contributed by atoms with van der Waals surface area (Å²) in [4.78, 5) is 10.5. The minimum absolute atomic E-state index is 0.111. The summed E-state index contributed by atoms with van der Waals surface area (Å²) in [5, 5.41) is 17.7. The molecule has 0 aromatic heterocycles. The van der Waals surface area contributed by atoms with E-state index in [-0.39, 0.29) is 16.7 Å². The molecule has 0 amide bonds. The van der Waals surface area contributed by atoms with E-state index >= 15 is 0 Å². The molecule has 21 heavy (non-hydrogen) atoms. The highest BCUT2D eigenvalue weighted by Crippen LogP contribution is 2.28. The summed E-state index contributed by atoms with van der Waals surface area (Å²) in [5.41, 5.74) is 3.43. The van der Waals surface area contributed by atoms with Crippen LogP contribution in [0.1, 0.15) is 23.6 Å². The van der Waals surface area contributed by atoms with Crippen LogP contribution in [0.25, 0.3) is 0 Å². The molecule has 0 saturated heterocycles. The molecular formula is C16H17N3O2. The number of anilines is 1. The van der Waals surface area contributed by atoms with Crippen molar-refractivity contribution in [3.8, 4) is 0 Å². The molecule has 0 saturated carbocycles. The molecule has 3 rings (SSSR count). The van der Waals surface area contributed by atoms with Crippen LogP contribution in [0.5, 0.6) is 0 Å². The topological polar surface area (TPSA) is 67.2 Å². The van der Waals surface area contributed by atoms with Crippen molar-refractivity contribution >= 4 is 11.4 Å². The summed E-state index contributed by atoms with van der Waals surface area (Å²) < 4.78 is 0. The lowest BCUT2D eigenvalue weighted by Crippen LogP contribution is -2.15. The lowest BCUT2D eigenvalue weighted by molar-refractivity contribution is -0.384. The minimum atomic E-state index is -0.367. The summed E-state index contributed by atoms with van der Waals surface area (Å²) in [6, 6.07) is 15.2. The van der Waals surface area contributed by atoms with Crippen LogP contribution in [0, 0.1) is 10.1 Å².